The van der Waals surface area contributed by atoms with E-state index >= 15 is 0 Å². The van der Waals surface area contributed by atoms with Gasteiger partial charge >= 0.3 is 0 Å². The third-order valence-electron chi connectivity index (χ3n) is 3.50. The van der Waals surface area contributed by atoms with Crippen molar-refractivity contribution < 1.29 is 13.2 Å². The highest BCUT2D eigenvalue weighted by Crippen LogP contribution is 2.28. The standard InChI is InChI=1S/C13H24N4O3S/c1-3-6-17-9-12(13(14)15-17)21(18,19)16(2)7-8-20-10-11-4-5-11/h9,11H,3-8,10H2,1-2H3,(H2,14,15). The van der Waals surface area contributed by atoms with Crippen LogP contribution in [0.4, 0.5) is 5.82 Å². The second-order valence-corrected chi connectivity index (χ2v) is 7.50. The number of hydrogen-bond acceptors (Lipinski definition) is 5. The van der Waals surface area contributed by atoms with Crippen molar-refractivity contribution in [2.75, 3.05) is 32.5 Å². The van der Waals surface area contributed by atoms with Crippen molar-refractivity contribution in [1.29, 1.82) is 0 Å². The van der Waals surface area contributed by atoms with E-state index in [1.165, 1.54) is 30.4 Å². The fourth-order valence-corrected chi connectivity index (χ4v) is 3.19. The predicted molar refractivity (Wildman–Crippen MR) is 80.3 cm³/mol. The van der Waals surface area contributed by atoms with Crippen LogP contribution in [-0.4, -0.2) is 49.3 Å². The van der Waals surface area contributed by atoms with E-state index in [1.807, 2.05) is 6.92 Å². The summed E-state index contributed by atoms with van der Waals surface area (Å²) in [5, 5.41) is 4.03. The Morgan fingerprint density at radius 3 is 2.86 bits per heavy atom. The Morgan fingerprint density at radius 1 is 1.52 bits per heavy atom. The van der Waals surface area contributed by atoms with Gasteiger partial charge in [-0.3, -0.25) is 4.68 Å². The Morgan fingerprint density at radius 2 is 2.24 bits per heavy atom. The Bertz CT molecular complexity index is 566. The number of aryl methyl sites for hydroxylation is 1. The van der Waals surface area contributed by atoms with E-state index in [4.69, 9.17) is 10.5 Å². The zero-order valence-electron chi connectivity index (χ0n) is 12.7. The van der Waals surface area contributed by atoms with Crippen LogP contribution >= 0.6 is 0 Å². The monoisotopic (exact) mass is 316 g/mol. The van der Waals surface area contributed by atoms with Crippen LogP contribution in [-0.2, 0) is 21.3 Å². The van der Waals surface area contributed by atoms with Gasteiger partial charge in [0.05, 0.1) is 6.61 Å². The van der Waals surface area contributed by atoms with Gasteiger partial charge in [-0.2, -0.15) is 9.40 Å². The summed E-state index contributed by atoms with van der Waals surface area (Å²) in [5.74, 6) is 0.726. The van der Waals surface area contributed by atoms with Gasteiger partial charge in [0.25, 0.3) is 0 Å². The van der Waals surface area contributed by atoms with E-state index in [9.17, 15) is 8.42 Å². The number of nitrogens with two attached hydrogens (primary N) is 1. The average molecular weight is 316 g/mol. The number of hydrogen-bond donors (Lipinski definition) is 1. The molecule has 2 rings (SSSR count). The summed E-state index contributed by atoms with van der Waals surface area (Å²) in [6.07, 6.45) is 4.81. The first-order valence-electron chi connectivity index (χ1n) is 7.32. The highest BCUT2D eigenvalue weighted by atomic mass is 32.2. The molecule has 1 aromatic rings. The van der Waals surface area contributed by atoms with Gasteiger partial charge in [0.2, 0.25) is 10.0 Å². The Kier molecular flexibility index (Phi) is 5.23. The summed E-state index contributed by atoms with van der Waals surface area (Å²) in [4.78, 5) is 0.0700. The summed E-state index contributed by atoms with van der Waals surface area (Å²) in [7, 11) is -2.07. The van der Waals surface area contributed by atoms with Crippen molar-refractivity contribution in [3.8, 4) is 0 Å². The Balaban J connectivity index is 1.94. The van der Waals surface area contributed by atoms with E-state index in [0.29, 0.717) is 25.6 Å². The minimum Gasteiger partial charge on any atom is -0.381 e. The lowest BCUT2D eigenvalue weighted by Gasteiger charge is -2.16. The molecule has 0 aromatic carbocycles. The van der Waals surface area contributed by atoms with Gasteiger partial charge in [0, 0.05) is 32.9 Å². The molecule has 2 N–H and O–H groups in total. The van der Waals surface area contributed by atoms with Crippen LogP contribution in [0.15, 0.2) is 11.1 Å². The number of ether oxygens (including phenoxy) is 1. The molecule has 0 spiro atoms. The maximum Gasteiger partial charge on any atom is 0.248 e. The Hall–Kier alpha value is -1.12. The first kappa shape index (κ1) is 16.3. The smallest absolute Gasteiger partial charge is 0.248 e. The van der Waals surface area contributed by atoms with Crippen LogP contribution in [0.2, 0.25) is 0 Å². The number of sulfonamides is 1. The summed E-state index contributed by atoms with van der Waals surface area (Å²) >= 11 is 0. The first-order chi connectivity index (χ1) is 9.95. The fourth-order valence-electron chi connectivity index (χ4n) is 1.98. The number of anilines is 1. The second kappa shape index (κ2) is 6.76. The molecule has 1 heterocycles. The number of nitrogen functional groups attached to an aromatic ring is 1. The third-order valence-corrected chi connectivity index (χ3v) is 5.37. The van der Waals surface area contributed by atoms with Crippen molar-refractivity contribution >= 4 is 15.8 Å². The zero-order chi connectivity index (χ0) is 15.5. The van der Waals surface area contributed by atoms with Crippen LogP contribution < -0.4 is 5.73 Å². The molecule has 0 bridgehead atoms. The van der Waals surface area contributed by atoms with Gasteiger partial charge in [-0.1, -0.05) is 6.92 Å². The average Bonchev–Trinajstić information content (AvgIpc) is 3.17. The lowest BCUT2D eigenvalue weighted by atomic mass is 10.5. The van der Waals surface area contributed by atoms with Gasteiger partial charge in [-0.15, -0.1) is 0 Å². The molecule has 1 aliphatic rings. The van der Waals surface area contributed by atoms with Crippen molar-refractivity contribution in [2.45, 2.75) is 37.6 Å². The SMILES string of the molecule is CCCn1cc(S(=O)(=O)N(C)CCOCC2CC2)c(N)n1. The molecule has 8 heteroatoms. The van der Waals surface area contributed by atoms with E-state index in [1.54, 1.807) is 4.68 Å². The fraction of sp³-hybridized carbons (Fsp3) is 0.769. The molecule has 0 amide bonds. The molecule has 0 unspecified atom stereocenters. The normalized spacial score (nSPS) is 15.8. The second-order valence-electron chi connectivity index (χ2n) is 5.49. The molecule has 7 nitrogen and oxygen atoms in total. The number of aromatic nitrogens is 2. The summed E-state index contributed by atoms with van der Waals surface area (Å²) in [6, 6.07) is 0. The van der Waals surface area contributed by atoms with Crippen molar-refractivity contribution in [3.05, 3.63) is 6.20 Å². The topological polar surface area (TPSA) is 90.5 Å². The predicted octanol–water partition coefficient (Wildman–Crippen LogP) is 0.922. The van der Waals surface area contributed by atoms with E-state index < -0.39 is 10.0 Å². The maximum atomic E-state index is 12.4. The first-order valence-corrected chi connectivity index (χ1v) is 8.76. The van der Waals surface area contributed by atoms with Crippen molar-refractivity contribution in [2.24, 2.45) is 5.92 Å². The molecule has 1 fully saturated rings. The molecule has 0 atom stereocenters. The lowest BCUT2D eigenvalue weighted by molar-refractivity contribution is 0.117. The van der Waals surface area contributed by atoms with Crippen LogP contribution in [0, 0.1) is 5.92 Å². The zero-order valence-corrected chi connectivity index (χ0v) is 13.5. The lowest BCUT2D eigenvalue weighted by Crippen LogP contribution is -2.30. The van der Waals surface area contributed by atoms with Gasteiger partial charge in [0.15, 0.2) is 5.82 Å². The van der Waals surface area contributed by atoms with Gasteiger partial charge < -0.3 is 10.5 Å². The Labute approximate surface area is 126 Å². The third kappa shape index (κ3) is 4.18. The maximum absolute atomic E-state index is 12.4. The molecule has 0 radical (unpaired) electrons. The molecule has 0 aliphatic heterocycles. The molecule has 120 valence electrons. The molecule has 0 saturated heterocycles. The minimum atomic E-state index is -3.61. The largest absolute Gasteiger partial charge is 0.381 e. The molecule has 1 saturated carbocycles. The van der Waals surface area contributed by atoms with E-state index in [2.05, 4.69) is 5.10 Å². The highest BCUT2D eigenvalue weighted by molar-refractivity contribution is 7.89. The van der Waals surface area contributed by atoms with Gasteiger partial charge in [-0.05, 0) is 25.2 Å². The summed E-state index contributed by atoms with van der Waals surface area (Å²) in [5.41, 5.74) is 5.73. The van der Waals surface area contributed by atoms with Crippen LogP contribution in [0.1, 0.15) is 26.2 Å². The quantitative estimate of drug-likeness (QED) is 0.684. The molecular formula is C13H24N4O3S. The number of nitrogens with zero attached hydrogens (tertiary/aromatic N) is 3. The number of rotatable bonds is 9. The minimum absolute atomic E-state index is 0.0502. The molecule has 21 heavy (non-hydrogen) atoms. The van der Waals surface area contributed by atoms with Gasteiger partial charge in [0.1, 0.15) is 4.90 Å². The van der Waals surface area contributed by atoms with Crippen LogP contribution in [0.5, 0.6) is 0 Å². The number of likely N-dealkylation sites (N-methyl/N-ethyl adjacent to an activating group) is 1. The molecular weight excluding hydrogens is 292 g/mol. The van der Waals surface area contributed by atoms with E-state index in [0.717, 1.165) is 13.0 Å². The van der Waals surface area contributed by atoms with E-state index in [-0.39, 0.29) is 10.7 Å². The van der Waals surface area contributed by atoms with Crippen LogP contribution in [0.25, 0.3) is 0 Å². The molecule has 1 aliphatic carbocycles. The van der Waals surface area contributed by atoms with Crippen molar-refractivity contribution in [1.82, 2.24) is 14.1 Å². The van der Waals surface area contributed by atoms with Gasteiger partial charge in [-0.25, -0.2) is 8.42 Å². The van der Waals surface area contributed by atoms with Crippen LogP contribution in [0.3, 0.4) is 0 Å². The van der Waals surface area contributed by atoms with Crippen molar-refractivity contribution in [3.63, 3.8) is 0 Å². The highest BCUT2D eigenvalue weighted by Gasteiger charge is 2.26. The summed E-state index contributed by atoms with van der Waals surface area (Å²) < 4.78 is 33.2. The summed E-state index contributed by atoms with van der Waals surface area (Å²) in [6.45, 7) is 4.08. The molecule has 1 aromatic heterocycles.